The van der Waals surface area contributed by atoms with Crippen LogP contribution in [0.1, 0.15) is 13.3 Å². The second kappa shape index (κ2) is 5.30. The molecule has 4 nitrogen and oxygen atoms in total. The second-order valence-corrected chi connectivity index (χ2v) is 3.82. The van der Waals surface area contributed by atoms with E-state index in [2.05, 4.69) is 22.2 Å². The molecule has 2 heterocycles. The summed E-state index contributed by atoms with van der Waals surface area (Å²) in [5, 5.41) is 3.27. The lowest BCUT2D eigenvalue weighted by molar-refractivity contribution is 0.978. The Morgan fingerprint density at radius 2 is 2.00 bits per heavy atom. The molecule has 0 atom stereocenters. The van der Waals surface area contributed by atoms with Gasteiger partial charge in [0.05, 0.1) is 5.69 Å². The predicted molar refractivity (Wildman–Crippen MR) is 70.7 cm³/mol. The maximum atomic E-state index is 5.82. The Labute approximate surface area is 101 Å². The summed E-state index contributed by atoms with van der Waals surface area (Å²) in [5.41, 5.74) is 8.84. The first-order valence-electron chi connectivity index (χ1n) is 5.71. The molecule has 17 heavy (non-hydrogen) atoms. The fourth-order valence-electron chi connectivity index (χ4n) is 1.58. The van der Waals surface area contributed by atoms with Crippen molar-refractivity contribution in [1.82, 2.24) is 9.97 Å². The molecule has 0 spiro atoms. The summed E-state index contributed by atoms with van der Waals surface area (Å²) in [4.78, 5) is 8.20. The SMILES string of the molecule is CCCNc1cc(-c2ccncc2)cnc1N. The monoisotopic (exact) mass is 228 g/mol. The van der Waals surface area contributed by atoms with Crippen LogP contribution in [0.5, 0.6) is 0 Å². The Morgan fingerprint density at radius 3 is 2.71 bits per heavy atom. The number of anilines is 2. The third-order valence-corrected chi connectivity index (χ3v) is 2.50. The molecular weight excluding hydrogens is 212 g/mol. The maximum Gasteiger partial charge on any atom is 0.146 e. The van der Waals surface area contributed by atoms with E-state index in [4.69, 9.17) is 5.73 Å². The average molecular weight is 228 g/mol. The molecule has 2 aromatic rings. The van der Waals surface area contributed by atoms with Gasteiger partial charge in [-0.05, 0) is 30.2 Å². The van der Waals surface area contributed by atoms with E-state index >= 15 is 0 Å². The van der Waals surface area contributed by atoms with E-state index in [-0.39, 0.29) is 0 Å². The van der Waals surface area contributed by atoms with E-state index in [1.54, 1.807) is 18.6 Å². The predicted octanol–water partition coefficient (Wildman–Crippen LogP) is 2.55. The van der Waals surface area contributed by atoms with Gasteiger partial charge in [-0.1, -0.05) is 6.92 Å². The van der Waals surface area contributed by atoms with Crippen molar-refractivity contribution in [2.45, 2.75) is 13.3 Å². The van der Waals surface area contributed by atoms with Crippen LogP contribution in [-0.2, 0) is 0 Å². The minimum atomic E-state index is 0.538. The molecule has 0 bridgehead atoms. The zero-order valence-corrected chi connectivity index (χ0v) is 9.85. The molecule has 0 saturated carbocycles. The number of rotatable bonds is 4. The summed E-state index contributed by atoms with van der Waals surface area (Å²) in [5.74, 6) is 0.538. The molecule has 4 heteroatoms. The van der Waals surface area contributed by atoms with Gasteiger partial charge in [0.15, 0.2) is 0 Å². The van der Waals surface area contributed by atoms with Gasteiger partial charge in [0.2, 0.25) is 0 Å². The third-order valence-electron chi connectivity index (χ3n) is 2.50. The number of aromatic nitrogens is 2. The van der Waals surface area contributed by atoms with E-state index in [1.165, 1.54) is 0 Å². The van der Waals surface area contributed by atoms with Crippen molar-refractivity contribution in [2.75, 3.05) is 17.6 Å². The fourth-order valence-corrected chi connectivity index (χ4v) is 1.58. The summed E-state index contributed by atoms with van der Waals surface area (Å²) >= 11 is 0. The normalized spacial score (nSPS) is 10.2. The van der Waals surface area contributed by atoms with E-state index in [9.17, 15) is 0 Å². The topological polar surface area (TPSA) is 63.8 Å². The Balaban J connectivity index is 2.31. The van der Waals surface area contributed by atoms with Gasteiger partial charge >= 0.3 is 0 Å². The number of nitrogens with one attached hydrogen (secondary N) is 1. The zero-order valence-electron chi connectivity index (χ0n) is 9.85. The lowest BCUT2D eigenvalue weighted by Crippen LogP contribution is -2.04. The summed E-state index contributed by atoms with van der Waals surface area (Å²) in [6.07, 6.45) is 6.37. The highest BCUT2D eigenvalue weighted by Crippen LogP contribution is 2.24. The Hall–Kier alpha value is -2.10. The van der Waals surface area contributed by atoms with Crippen molar-refractivity contribution in [1.29, 1.82) is 0 Å². The second-order valence-electron chi connectivity index (χ2n) is 3.82. The smallest absolute Gasteiger partial charge is 0.146 e. The minimum Gasteiger partial charge on any atom is -0.382 e. The standard InChI is InChI=1S/C13H16N4/c1-2-5-16-12-8-11(9-17-13(12)14)10-3-6-15-7-4-10/h3-4,6-9,16H,2,5H2,1H3,(H2,14,17). The molecule has 0 radical (unpaired) electrons. The van der Waals surface area contributed by atoms with Crippen molar-refractivity contribution in [3.05, 3.63) is 36.8 Å². The van der Waals surface area contributed by atoms with Crippen LogP contribution in [0.3, 0.4) is 0 Å². The van der Waals surface area contributed by atoms with E-state index in [0.717, 1.165) is 29.8 Å². The van der Waals surface area contributed by atoms with E-state index in [0.29, 0.717) is 5.82 Å². The van der Waals surface area contributed by atoms with Crippen LogP contribution >= 0.6 is 0 Å². The van der Waals surface area contributed by atoms with Gasteiger partial charge in [0, 0.05) is 30.7 Å². The van der Waals surface area contributed by atoms with Crippen molar-refractivity contribution >= 4 is 11.5 Å². The Morgan fingerprint density at radius 1 is 1.24 bits per heavy atom. The van der Waals surface area contributed by atoms with Crippen molar-refractivity contribution in [3.8, 4) is 11.1 Å². The molecule has 0 aliphatic rings. The average Bonchev–Trinajstić information content (AvgIpc) is 2.39. The van der Waals surface area contributed by atoms with Crippen LogP contribution in [-0.4, -0.2) is 16.5 Å². The fraction of sp³-hybridized carbons (Fsp3) is 0.231. The molecule has 0 unspecified atom stereocenters. The molecule has 88 valence electrons. The van der Waals surface area contributed by atoms with Gasteiger partial charge in [0.25, 0.3) is 0 Å². The molecule has 2 aromatic heterocycles. The number of hydrogen-bond acceptors (Lipinski definition) is 4. The highest BCUT2D eigenvalue weighted by molar-refractivity contribution is 5.72. The number of pyridine rings is 2. The summed E-state index contributed by atoms with van der Waals surface area (Å²) < 4.78 is 0. The first-order chi connectivity index (χ1) is 8.31. The van der Waals surface area contributed by atoms with Gasteiger partial charge in [-0.15, -0.1) is 0 Å². The maximum absolute atomic E-state index is 5.82. The lowest BCUT2D eigenvalue weighted by atomic mass is 10.1. The number of nitrogens with zero attached hydrogens (tertiary/aromatic N) is 2. The molecule has 0 fully saturated rings. The molecule has 0 amide bonds. The summed E-state index contributed by atoms with van der Waals surface area (Å²) in [6.45, 7) is 3.01. The van der Waals surface area contributed by atoms with Crippen molar-refractivity contribution < 1.29 is 0 Å². The van der Waals surface area contributed by atoms with Crippen LogP contribution in [0.15, 0.2) is 36.8 Å². The molecule has 0 aliphatic heterocycles. The van der Waals surface area contributed by atoms with Crippen LogP contribution in [0.2, 0.25) is 0 Å². The first-order valence-corrected chi connectivity index (χ1v) is 5.71. The molecular formula is C13H16N4. The molecule has 0 aromatic carbocycles. The Bertz CT molecular complexity index is 482. The molecule has 3 N–H and O–H groups in total. The van der Waals surface area contributed by atoms with Gasteiger partial charge in [-0.25, -0.2) is 4.98 Å². The van der Waals surface area contributed by atoms with Crippen molar-refractivity contribution in [3.63, 3.8) is 0 Å². The van der Waals surface area contributed by atoms with E-state index in [1.807, 2.05) is 18.2 Å². The minimum absolute atomic E-state index is 0.538. The molecule has 2 rings (SSSR count). The van der Waals surface area contributed by atoms with Crippen molar-refractivity contribution in [2.24, 2.45) is 0 Å². The zero-order chi connectivity index (χ0) is 12.1. The van der Waals surface area contributed by atoms with Crippen LogP contribution in [0, 0.1) is 0 Å². The quantitative estimate of drug-likeness (QED) is 0.844. The largest absolute Gasteiger partial charge is 0.382 e. The third kappa shape index (κ3) is 2.72. The van der Waals surface area contributed by atoms with Crippen LogP contribution in [0.4, 0.5) is 11.5 Å². The van der Waals surface area contributed by atoms with Gasteiger partial charge in [-0.2, -0.15) is 0 Å². The molecule has 0 saturated heterocycles. The number of nitrogens with two attached hydrogens (primary N) is 1. The number of nitrogen functional groups attached to an aromatic ring is 1. The summed E-state index contributed by atoms with van der Waals surface area (Å²) in [6, 6.07) is 5.93. The highest BCUT2D eigenvalue weighted by Gasteiger charge is 2.03. The lowest BCUT2D eigenvalue weighted by Gasteiger charge is -2.09. The molecule has 0 aliphatic carbocycles. The van der Waals surface area contributed by atoms with Crippen LogP contribution in [0.25, 0.3) is 11.1 Å². The van der Waals surface area contributed by atoms with E-state index < -0.39 is 0 Å². The van der Waals surface area contributed by atoms with Crippen LogP contribution < -0.4 is 11.1 Å². The Kier molecular flexibility index (Phi) is 3.55. The van der Waals surface area contributed by atoms with Gasteiger partial charge in [0.1, 0.15) is 5.82 Å². The van der Waals surface area contributed by atoms with Gasteiger partial charge < -0.3 is 11.1 Å². The first kappa shape index (κ1) is 11.4. The number of hydrogen-bond donors (Lipinski definition) is 2. The van der Waals surface area contributed by atoms with Gasteiger partial charge in [-0.3, -0.25) is 4.98 Å². The summed E-state index contributed by atoms with van der Waals surface area (Å²) in [7, 11) is 0. The highest BCUT2D eigenvalue weighted by atomic mass is 14.9.